The molecule has 0 unspecified atom stereocenters. The Morgan fingerprint density at radius 2 is 1.25 bits per heavy atom. The standard InChI is InChI=1S/C24H24N2O2/c1-19(27)26(22-15-9-4-10-16-22)18-17-25-24(28)23(20-11-5-2-6-12-20)21-13-7-3-8-14-21/h2-16,23H,17-18H2,1H3,(H,25,28). The first-order valence-electron chi connectivity index (χ1n) is 9.37. The van der Waals surface area contributed by atoms with Gasteiger partial charge in [0.2, 0.25) is 11.8 Å². The second-order valence-electron chi connectivity index (χ2n) is 6.55. The van der Waals surface area contributed by atoms with Crippen LogP contribution in [0.25, 0.3) is 0 Å². The number of hydrogen-bond acceptors (Lipinski definition) is 2. The molecule has 4 heteroatoms. The Balaban J connectivity index is 1.71. The number of anilines is 1. The number of nitrogens with zero attached hydrogens (tertiary/aromatic N) is 1. The summed E-state index contributed by atoms with van der Waals surface area (Å²) in [5, 5.41) is 3.00. The minimum atomic E-state index is -0.384. The van der Waals surface area contributed by atoms with Gasteiger partial charge in [-0.1, -0.05) is 78.9 Å². The SMILES string of the molecule is CC(=O)N(CCNC(=O)C(c1ccccc1)c1ccccc1)c1ccccc1. The first-order valence-corrected chi connectivity index (χ1v) is 9.37. The van der Waals surface area contributed by atoms with Gasteiger partial charge in [0, 0.05) is 25.7 Å². The van der Waals surface area contributed by atoms with E-state index in [4.69, 9.17) is 0 Å². The van der Waals surface area contributed by atoms with Crippen LogP contribution in [-0.4, -0.2) is 24.9 Å². The smallest absolute Gasteiger partial charge is 0.232 e. The first-order chi connectivity index (χ1) is 13.7. The molecule has 28 heavy (non-hydrogen) atoms. The number of nitrogens with one attached hydrogen (secondary N) is 1. The third kappa shape index (κ3) is 4.86. The lowest BCUT2D eigenvalue weighted by Crippen LogP contribution is -2.39. The average molecular weight is 372 g/mol. The van der Waals surface area contributed by atoms with Crippen molar-refractivity contribution in [3.63, 3.8) is 0 Å². The summed E-state index contributed by atoms with van der Waals surface area (Å²) in [7, 11) is 0. The maximum absolute atomic E-state index is 13.0. The quantitative estimate of drug-likeness (QED) is 0.682. The van der Waals surface area contributed by atoms with Gasteiger partial charge in [-0.15, -0.1) is 0 Å². The summed E-state index contributed by atoms with van der Waals surface area (Å²) in [5.41, 5.74) is 2.71. The molecule has 0 aromatic heterocycles. The summed E-state index contributed by atoms with van der Waals surface area (Å²) in [6, 6.07) is 28.9. The highest BCUT2D eigenvalue weighted by molar-refractivity contribution is 5.91. The lowest BCUT2D eigenvalue weighted by molar-refractivity contribution is -0.122. The molecule has 0 heterocycles. The molecular formula is C24H24N2O2. The molecule has 0 bridgehead atoms. The van der Waals surface area contributed by atoms with E-state index in [0.29, 0.717) is 13.1 Å². The van der Waals surface area contributed by atoms with E-state index in [1.807, 2.05) is 91.0 Å². The second kappa shape index (κ2) is 9.51. The van der Waals surface area contributed by atoms with Crippen LogP contribution >= 0.6 is 0 Å². The number of hydrogen-bond donors (Lipinski definition) is 1. The molecule has 0 saturated heterocycles. The third-order valence-electron chi connectivity index (χ3n) is 4.61. The molecule has 0 fully saturated rings. The second-order valence-corrected chi connectivity index (χ2v) is 6.55. The summed E-state index contributed by atoms with van der Waals surface area (Å²) in [6.45, 7) is 2.33. The number of rotatable bonds is 7. The van der Waals surface area contributed by atoms with Crippen LogP contribution in [0.3, 0.4) is 0 Å². The van der Waals surface area contributed by atoms with E-state index in [0.717, 1.165) is 16.8 Å². The van der Waals surface area contributed by atoms with Crippen molar-refractivity contribution in [1.29, 1.82) is 0 Å². The third-order valence-corrected chi connectivity index (χ3v) is 4.61. The van der Waals surface area contributed by atoms with Gasteiger partial charge in [-0.3, -0.25) is 9.59 Å². The predicted octanol–water partition coefficient (Wildman–Crippen LogP) is 3.99. The molecule has 0 aliphatic rings. The number of amides is 2. The maximum Gasteiger partial charge on any atom is 0.232 e. The van der Waals surface area contributed by atoms with Crippen LogP contribution in [0.5, 0.6) is 0 Å². The van der Waals surface area contributed by atoms with E-state index >= 15 is 0 Å². The van der Waals surface area contributed by atoms with Gasteiger partial charge in [-0.25, -0.2) is 0 Å². The molecule has 4 nitrogen and oxygen atoms in total. The fraction of sp³-hybridized carbons (Fsp3) is 0.167. The summed E-state index contributed by atoms with van der Waals surface area (Å²) in [5.74, 6) is -0.512. The molecule has 1 N–H and O–H groups in total. The Kier molecular flexibility index (Phi) is 6.58. The minimum absolute atomic E-state index is 0.0527. The van der Waals surface area contributed by atoms with Crippen molar-refractivity contribution in [3.8, 4) is 0 Å². The summed E-state index contributed by atoms with van der Waals surface area (Å²) in [4.78, 5) is 26.7. The van der Waals surface area contributed by atoms with E-state index in [-0.39, 0.29) is 17.7 Å². The summed E-state index contributed by atoms with van der Waals surface area (Å²) in [6.07, 6.45) is 0. The van der Waals surface area contributed by atoms with E-state index < -0.39 is 0 Å². The van der Waals surface area contributed by atoms with Gasteiger partial charge >= 0.3 is 0 Å². The molecule has 0 aliphatic carbocycles. The van der Waals surface area contributed by atoms with Crippen LogP contribution in [0.15, 0.2) is 91.0 Å². The van der Waals surface area contributed by atoms with Crippen molar-refractivity contribution in [2.45, 2.75) is 12.8 Å². The Hall–Kier alpha value is -3.40. The van der Waals surface area contributed by atoms with Crippen LogP contribution in [0, 0.1) is 0 Å². The molecule has 3 aromatic rings. The van der Waals surface area contributed by atoms with Crippen molar-refractivity contribution < 1.29 is 9.59 Å². The minimum Gasteiger partial charge on any atom is -0.353 e. The first kappa shape index (κ1) is 19.4. The number of benzene rings is 3. The van der Waals surface area contributed by atoms with Crippen LogP contribution < -0.4 is 10.2 Å². The summed E-state index contributed by atoms with van der Waals surface area (Å²) >= 11 is 0. The van der Waals surface area contributed by atoms with E-state index in [9.17, 15) is 9.59 Å². The van der Waals surface area contributed by atoms with E-state index in [2.05, 4.69) is 5.32 Å². The normalized spacial score (nSPS) is 10.5. The molecule has 0 atom stereocenters. The number of carbonyl (C=O) groups is 2. The molecule has 142 valence electrons. The topological polar surface area (TPSA) is 49.4 Å². The van der Waals surface area contributed by atoms with Crippen LogP contribution in [0.1, 0.15) is 24.0 Å². The van der Waals surface area contributed by atoms with Crippen molar-refractivity contribution in [2.24, 2.45) is 0 Å². The molecule has 3 rings (SSSR count). The van der Waals surface area contributed by atoms with Gasteiger partial charge in [0.1, 0.15) is 0 Å². The van der Waals surface area contributed by atoms with E-state index in [1.54, 1.807) is 4.90 Å². The molecule has 0 spiro atoms. The van der Waals surface area contributed by atoms with Gasteiger partial charge in [0.05, 0.1) is 5.92 Å². The molecule has 0 radical (unpaired) electrons. The number of carbonyl (C=O) groups excluding carboxylic acids is 2. The van der Waals surface area contributed by atoms with Crippen LogP contribution in [0.4, 0.5) is 5.69 Å². The van der Waals surface area contributed by atoms with Crippen molar-refractivity contribution in [1.82, 2.24) is 5.32 Å². The zero-order chi connectivity index (χ0) is 19.8. The molecule has 0 aliphatic heterocycles. The van der Waals surface area contributed by atoms with Crippen LogP contribution in [-0.2, 0) is 9.59 Å². The Labute approximate surface area is 165 Å². The van der Waals surface area contributed by atoms with Crippen molar-refractivity contribution >= 4 is 17.5 Å². The average Bonchev–Trinajstić information content (AvgIpc) is 2.73. The highest BCUT2D eigenvalue weighted by atomic mass is 16.2. The zero-order valence-electron chi connectivity index (χ0n) is 15.9. The van der Waals surface area contributed by atoms with Crippen molar-refractivity contribution in [2.75, 3.05) is 18.0 Å². The van der Waals surface area contributed by atoms with Gasteiger partial charge < -0.3 is 10.2 Å². The van der Waals surface area contributed by atoms with Crippen molar-refractivity contribution in [3.05, 3.63) is 102 Å². The van der Waals surface area contributed by atoms with Crippen LogP contribution in [0.2, 0.25) is 0 Å². The zero-order valence-corrected chi connectivity index (χ0v) is 15.9. The molecule has 0 saturated carbocycles. The fourth-order valence-electron chi connectivity index (χ4n) is 3.26. The fourth-order valence-corrected chi connectivity index (χ4v) is 3.26. The molecule has 2 amide bonds. The Morgan fingerprint density at radius 3 is 1.71 bits per heavy atom. The highest BCUT2D eigenvalue weighted by Gasteiger charge is 2.22. The lowest BCUT2D eigenvalue weighted by Gasteiger charge is -2.23. The monoisotopic (exact) mass is 372 g/mol. The lowest BCUT2D eigenvalue weighted by atomic mass is 9.90. The molecule has 3 aromatic carbocycles. The maximum atomic E-state index is 13.0. The predicted molar refractivity (Wildman–Crippen MR) is 112 cm³/mol. The van der Waals surface area contributed by atoms with Gasteiger partial charge in [-0.05, 0) is 23.3 Å². The Morgan fingerprint density at radius 1 is 0.786 bits per heavy atom. The Bertz CT molecular complexity index is 856. The summed E-state index contributed by atoms with van der Waals surface area (Å²) < 4.78 is 0. The van der Waals surface area contributed by atoms with Gasteiger partial charge in [0.15, 0.2) is 0 Å². The molecular weight excluding hydrogens is 348 g/mol. The largest absolute Gasteiger partial charge is 0.353 e. The van der Waals surface area contributed by atoms with Gasteiger partial charge in [0.25, 0.3) is 0 Å². The van der Waals surface area contributed by atoms with Gasteiger partial charge in [-0.2, -0.15) is 0 Å². The number of para-hydroxylation sites is 1. The highest BCUT2D eigenvalue weighted by Crippen LogP contribution is 2.24. The van der Waals surface area contributed by atoms with E-state index in [1.165, 1.54) is 6.92 Å².